The van der Waals surface area contributed by atoms with E-state index in [0.717, 1.165) is 0 Å². The Morgan fingerprint density at radius 1 is 1.47 bits per heavy atom. The molecule has 7 heteroatoms. The molecule has 0 fully saturated rings. The smallest absolute Gasteiger partial charge is 0.251 e. The summed E-state index contributed by atoms with van der Waals surface area (Å²) in [6.45, 7) is 0.275. The maximum atomic E-state index is 11.9. The Kier molecular flexibility index (Phi) is 3.86. The summed E-state index contributed by atoms with van der Waals surface area (Å²) < 4.78 is 1.58. The molecule has 6 nitrogen and oxygen atoms in total. The van der Waals surface area contributed by atoms with E-state index in [1.165, 1.54) is 0 Å². The molecule has 0 saturated carbocycles. The van der Waals surface area contributed by atoms with Gasteiger partial charge in [-0.2, -0.15) is 5.10 Å². The van der Waals surface area contributed by atoms with Crippen LogP contribution in [0.3, 0.4) is 0 Å². The van der Waals surface area contributed by atoms with Gasteiger partial charge in [0.15, 0.2) is 5.82 Å². The van der Waals surface area contributed by atoms with Crippen LogP contribution < -0.4 is 11.1 Å². The standard InChI is InChI=1S/C12H13N5OS/c1-17-7-15-10(16-17)6-14-12(18)9-4-2-3-8(5-9)11(13)19/h2-5,7H,6H2,1H3,(H2,13,19)(H,14,18). The van der Waals surface area contributed by atoms with Gasteiger partial charge in [-0.25, -0.2) is 4.98 Å². The molecule has 2 aromatic rings. The number of aryl methyl sites for hydroxylation is 1. The van der Waals surface area contributed by atoms with Gasteiger partial charge in [0.05, 0.1) is 6.54 Å². The molecule has 0 spiro atoms. The number of hydrogen-bond acceptors (Lipinski definition) is 4. The summed E-state index contributed by atoms with van der Waals surface area (Å²) in [5.74, 6) is 0.340. The molecule has 0 atom stereocenters. The fourth-order valence-electron chi connectivity index (χ4n) is 1.54. The van der Waals surface area contributed by atoms with Crippen LogP contribution in [0.25, 0.3) is 0 Å². The molecule has 0 saturated heterocycles. The Morgan fingerprint density at radius 3 is 2.84 bits per heavy atom. The average Bonchev–Trinajstić information content (AvgIpc) is 2.82. The van der Waals surface area contributed by atoms with Gasteiger partial charge in [-0.15, -0.1) is 0 Å². The van der Waals surface area contributed by atoms with Crippen molar-refractivity contribution in [1.29, 1.82) is 0 Å². The van der Waals surface area contributed by atoms with E-state index in [4.69, 9.17) is 18.0 Å². The lowest BCUT2D eigenvalue weighted by molar-refractivity contribution is 0.0950. The van der Waals surface area contributed by atoms with Crippen molar-refractivity contribution in [2.75, 3.05) is 0 Å². The van der Waals surface area contributed by atoms with Gasteiger partial charge < -0.3 is 11.1 Å². The number of nitrogens with one attached hydrogen (secondary N) is 1. The molecular weight excluding hydrogens is 262 g/mol. The number of nitrogens with zero attached hydrogens (tertiary/aromatic N) is 3. The van der Waals surface area contributed by atoms with Gasteiger partial charge in [0.1, 0.15) is 11.3 Å². The average molecular weight is 275 g/mol. The summed E-state index contributed by atoms with van der Waals surface area (Å²) in [4.78, 5) is 16.2. The van der Waals surface area contributed by atoms with Crippen molar-refractivity contribution in [2.24, 2.45) is 12.8 Å². The molecule has 0 aliphatic heterocycles. The number of amides is 1. The number of thiocarbonyl (C=S) groups is 1. The Bertz CT molecular complexity index is 622. The van der Waals surface area contributed by atoms with E-state index in [0.29, 0.717) is 17.0 Å². The first-order chi connectivity index (χ1) is 9.06. The lowest BCUT2D eigenvalue weighted by Crippen LogP contribution is -2.24. The van der Waals surface area contributed by atoms with Crippen molar-refractivity contribution >= 4 is 23.1 Å². The van der Waals surface area contributed by atoms with Crippen LogP contribution in [0.5, 0.6) is 0 Å². The summed E-state index contributed by atoms with van der Waals surface area (Å²) in [6.07, 6.45) is 1.58. The van der Waals surface area contributed by atoms with Crippen molar-refractivity contribution < 1.29 is 4.79 Å². The minimum atomic E-state index is -0.217. The predicted octanol–water partition coefficient (Wildman–Crippen LogP) is 0.379. The minimum Gasteiger partial charge on any atom is -0.389 e. The summed E-state index contributed by atoms with van der Waals surface area (Å²) in [7, 11) is 1.77. The largest absolute Gasteiger partial charge is 0.389 e. The van der Waals surface area contributed by atoms with E-state index in [2.05, 4.69) is 15.4 Å². The number of nitrogens with two attached hydrogens (primary N) is 1. The van der Waals surface area contributed by atoms with Crippen LogP contribution in [0, 0.1) is 0 Å². The second-order valence-electron chi connectivity index (χ2n) is 3.96. The third-order valence-corrected chi connectivity index (χ3v) is 2.70. The zero-order valence-corrected chi connectivity index (χ0v) is 11.1. The van der Waals surface area contributed by atoms with E-state index in [-0.39, 0.29) is 17.4 Å². The van der Waals surface area contributed by atoms with Gasteiger partial charge in [-0.05, 0) is 12.1 Å². The number of benzene rings is 1. The Morgan fingerprint density at radius 2 is 2.21 bits per heavy atom. The third-order valence-electron chi connectivity index (χ3n) is 2.46. The van der Waals surface area contributed by atoms with Gasteiger partial charge >= 0.3 is 0 Å². The predicted molar refractivity (Wildman–Crippen MR) is 74.5 cm³/mol. The van der Waals surface area contributed by atoms with E-state index in [1.807, 2.05) is 0 Å². The fraction of sp³-hybridized carbons (Fsp3) is 0.167. The van der Waals surface area contributed by atoms with Crippen molar-refractivity contribution in [1.82, 2.24) is 20.1 Å². The maximum Gasteiger partial charge on any atom is 0.251 e. The summed E-state index contributed by atoms with van der Waals surface area (Å²) >= 11 is 4.88. The minimum absolute atomic E-state index is 0.217. The van der Waals surface area contributed by atoms with Crippen molar-refractivity contribution in [3.8, 4) is 0 Å². The Hall–Kier alpha value is -2.28. The van der Waals surface area contributed by atoms with Crippen molar-refractivity contribution in [2.45, 2.75) is 6.54 Å². The molecule has 1 heterocycles. The highest BCUT2D eigenvalue weighted by Gasteiger charge is 2.08. The highest BCUT2D eigenvalue weighted by Crippen LogP contribution is 2.05. The van der Waals surface area contributed by atoms with Gasteiger partial charge in [-0.3, -0.25) is 9.48 Å². The van der Waals surface area contributed by atoms with Crippen LogP contribution >= 0.6 is 12.2 Å². The van der Waals surface area contributed by atoms with Crippen LogP contribution in [0.2, 0.25) is 0 Å². The molecular formula is C12H13N5OS. The van der Waals surface area contributed by atoms with Gasteiger partial charge in [0, 0.05) is 18.2 Å². The lowest BCUT2D eigenvalue weighted by atomic mass is 10.1. The first-order valence-electron chi connectivity index (χ1n) is 5.59. The number of carbonyl (C=O) groups excluding carboxylic acids is 1. The summed E-state index contributed by atoms with van der Waals surface area (Å²) in [5.41, 5.74) is 6.69. The number of hydrogen-bond donors (Lipinski definition) is 2. The highest BCUT2D eigenvalue weighted by atomic mass is 32.1. The third kappa shape index (κ3) is 3.35. The van der Waals surface area contributed by atoms with Gasteiger partial charge in [0.25, 0.3) is 5.91 Å². The van der Waals surface area contributed by atoms with E-state index >= 15 is 0 Å². The molecule has 1 aromatic heterocycles. The number of rotatable bonds is 4. The normalized spacial score (nSPS) is 10.2. The molecule has 0 radical (unpaired) electrons. The Balaban J connectivity index is 2.03. The SMILES string of the molecule is Cn1cnc(CNC(=O)c2cccc(C(N)=S)c2)n1. The van der Waals surface area contributed by atoms with Crippen LogP contribution in [-0.4, -0.2) is 25.7 Å². The zero-order valence-electron chi connectivity index (χ0n) is 10.3. The van der Waals surface area contributed by atoms with Gasteiger partial charge in [-0.1, -0.05) is 24.4 Å². The first-order valence-corrected chi connectivity index (χ1v) is 5.99. The van der Waals surface area contributed by atoms with E-state index in [1.54, 1.807) is 42.3 Å². The van der Waals surface area contributed by atoms with Crippen molar-refractivity contribution in [3.05, 3.63) is 47.5 Å². The second kappa shape index (κ2) is 5.57. The molecule has 0 unspecified atom stereocenters. The first kappa shape index (κ1) is 13.2. The van der Waals surface area contributed by atoms with E-state index in [9.17, 15) is 4.79 Å². The highest BCUT2D eigenvalue weighted by molar-refractivity contribution is 7.80. The van der Waals surface area contributed by atoms with Crippen LogP contribution in [0.1, 0.15) is 21.7 Å². The number of aromatic nitrogens is 3. The van der Waals surface area contributed by atoms with Gasteiger partial charge in [0.2, 0.25) is 0 Å². The lowest BCUT2D eigenvalue weighted by Gasteiger charge is -2.04. The molecule has 19 heavy (non-hydrogen) atoms. The molecule has 0 bridgehead atoms. The van der Waals surface area contributed by atoms with Crippen LogP contribution in [-0.2, 0) is 13.6 Å². The van der Waals surface area contributed by atoms with Crippen LogP contribution in [0.4, 0.5) is 0 Å². The zero-order chi connectivity index (χ0) is 13.8. The topological polar surface area (TPSA) is 85.8 Å². The van der Waals surface area contributed by atoms with E-state index < -0.39 is 0 Å². The molecule has 0 aliphatic rings. The molecule has 3 N–H and O–H groups in total. The fourth-order valence-corrected chi connectivity index (χ4v) is 1.67. The number of carbonyl (C=O) groups is 1. The molecule has 0 aliphatic carbocycles. The summed E-state index contributed by atoms with van der Waals surface area (Å²) in [6, 6.07) is 6.86. The molecule has 1 amide bonds. The molecule has 1 aromatic carbocycles. The molecule has 2 rings (SSSR count). The maximum absolute atomic E-state index is 11.9. The Labute approximate surface area is 115 Å². The van der Waals surface area contributed by atoms with Crippen molar-refractivity contribution in [3.63, 3.8) is 0 Å². The molecule has 98 valence electrons. The second-order valence-corrected chi connectivity index (χ2v) is 4.40. The monoisotopic (exact) mass is 275 g/mol. The van der Waals surface area contributed by atoms with Crippen LogP contribution in [0.15, 0.2) is 30.6 Å². The summed E-state index contributed by atoms with van der Waals surface area (Å²) in [5, 5.41) is 6.81. The quantitative estimate of drug-likeness (QED) is 0.788.